The summed E-state index contributed by atoms with van der Waals surface area (Å²) in [5.41, 5.74) is 2.28. The van der Waals surface area contributed by atoms with Gasteiger partial charge < -0.3 is 19.5 Å². The van der Waals surface area contributed by atoms with Gasteiger partial charge in [0.2, 0.25) is 0 Å². The Hall–Kier alpha value is -5.52. The number of hydrogen-bond donors (Lipinski definition) is 2. The lowest BCUT2D eigenvalue weighted by atomic mass is 9.92. The van der Waals surface area contributed by atoms with E-state index in [4.69, 9.17) is 30.9 Å². The summed E-state index contributed by atoms with van der Waals surface area (Å²) in [6.45, 7) is 7.58. The highest BCUT2D eigenvalue weighted by molar-refractivity contribution is 6.32. The average molecular weight is 755 g/mol. The third-order valence-electron chi connectivity index (χ3n) is 9.29. The molecule has 3 aromatic heterocycles. The number of fused-ring (bicyclic) bond motifs is 1. The van der Waals surface area contributed by atoms with E-state index in [1.54, 1.807) is 69.9 Å². The van der Waals surface area contributed by atoms with E-state index in [1.165, 1.54) is 4.68 Å². The average Bonchev–Trinajstić information content (AvgIpc) is 3.70. The first-order chi connectivity index (χ1) is 25.8. The van der Waals surface area contributed by atoms with Crippen LogP contribution < -0.4 is 15.6 Å². The minimum atomic E-state index is -0.780. The second-order valence-corrected chi connectivity index (χ2v) is 14.9. The Morgan fingerprint density at radius 1 is 1.24 bits per heavy atom. The van der Waals surface area contributed by atoms with E-state index >= 15 is 4.39 Å². The van der Waals surface area contributed by atoms with Crippen LogP contribution in [0.4, 0.5) is 9.18 Å². The van der Waals surface area contributed by atoms with Gasteiger partial charge in [-0.3, -0.25) is 9.48 Å². The van der Waals surface area contributed by atoms with Crippen LogP contribution in [-0.4, -0.2) is 54.2 Å². The van der Waals surface area contributed by atoms with E-state index in [-0.39, 0.29) is 40.8 Å². The highest BCUT2D eigenvalue weighted by atomic mass is 35.5. The normalized spacial score (nSPS) is 16.1. The smallest absolute Gasteiger partial charge is 0.407 e. The molecule has 1 unspecified atom stereocenters. The fourth-order valence-electron chi connectivity index (χ4n) is 6.59. The first-order valence-electron chi connectivity index (χ1n) is 17.8. The van der Waals surface area contributed by atoms with Crippen LogP contribution >= 0.6 is 11.6 Å². The molecule has 5 aromatic rings. The van der Waals surface area contributed by atoms with Crippen molar-refractivity contribution in [1.82, 2.24) is 35.1 Å². The number of alkyl carbamates (subject to hydrolysis) is 1. The fourth-order valence-corrected chi connectivity index (χ4v) is 6.82. The second-order valence-electron chi connectivity index (χ2n) is 14.5. The van der Waals surface area contributed by atoms with E-state index in [0.717, 1.165) is 32.1 Å². The highest BCUT2D eigenvalue weighted by Crippen LogP contribution is 2.45. The van der Waals surface area contributed by atoms with Crippen LogP contribution in [-0.2, 0) is 23.1 Å². The predicted octanol–water partition coefficient (Wildman–Crippen LogP) is 7.60. The summed E-state index contributed by atoms with van der Waals surface area (Å²) < 4.78 is 37.1. The van der Waals surface area contributed by atoms with E-state index < -0.39 is 23.1 Å². The zero-order chi connectivity index (χ0) is 38.3. The zero-order valence-corrected chi connectivity index (χ0v) is 31.4. The highest BCUT2D eigenvalue weighted by Gasteiger charge is 2.32. The number of nitrogens with one attached hydrogen (secondary N) is 2. The van der Waals surface area contributed by atoms with E-state index in [0.29, 0.717) is 56.7 Å². The second kappa shape index (κ2) is 14.7. The van der Waals surface area contributed by atoms with Gasteiger partial charge in [0, 0.05) is 41.9 Å². The number of ether oxygens (including phenoxy) is 3. The maximum atomic E-state index is 16.4. The minimum absolute atomic E-state index is 0.0610. The molecule has 2 aromatic carbocycles. The van der Waals surface area contributed by atoms with Gasteiger partial charge in [-0.25, -0.2) is 19.0 Å². The van der Waals surface area contributed by atoms with Crippen LogP contribution in [0, 0.1) is 24.1 Å². The number of aromatic nitrogens is 6. The number of nitrogens with zero attached hydrogens (tertiary/aromatic N) is 6. The van der Waals surface area contributed by atoms with Gasteiger partial charge in [0.05, 0.1) is 46.3 Å². The topological polar surface area (TPSA) is 162 Å². The molecule has 0 bridgehead atoms. The predicted molar refractivity (Wildman–Crippen MR) is 201 cm³/mol. The number of H-pyrrole nitrogens is 1. The summed E-state index contributed by atoms with van der Waals surface area (Å²) in [7, 11) is 1.68. The number of nitriles is 1. The molecule has 2 fully saturated rings. The molecule has 15 heteroatoms. The Morgan fingerprint density at radius 3 is 2.74 bits per heavy atom. The number of amides is 1. The first-order valence-corrected chi connectivity index (χ1v) is 18.2. The van der Waals surface area contributed by atoms with Gasteiger partial charge in [0.1, 0.15) is 29.2 Å². The molecule has 0 spiro atoms. The largest absolute Gasteiger partial charge is 0.489 e. The number of carbonyl (C=O) groups excluding carboxylic acids is 1. The molecule has 1 atom stereocenters. The number of hydrogen-bond acceptors (Lipinski definition) is 9. The van der Waals surface area contributed by atoms with E-state index in [9.17, 15) is 14.9 Å². The van der Waals surface area contributed by atoms with Gasteiger partial charge in [-0.2, -0.15) is 20.6 Å². The molecular formula is C39H40ClFN8O5. The van der Waals surface area contributed by atoms with Gasteiger partial charge in [0.25, 0.3) is 5.56 Å². The molecule has 4 heterocycles. The number of carbonyl (C=O) groups is 1. The van der Waals surface area contributed by atoms with Crippen LogP contribution in [0.5, 0.6) is 5.75 Å². The van der Waals surface area contributed by atoms with E-state index in [1.807, 2.05) is 18.3 Å². The molecule has 1 aliphatic carbocycles. The van der Waals surface area contributed by atoms with Crippen molar-refractivity contribution in [2.45, 2.75) is 84.3 Å². The Morgan fingerprint density at radius 2 is 2.04 bits per heavy atom. The number of aromatic amines is 1. The van der Waals surface area contributed by atoms with E-state index in [2.05, 4.69) is 20.6 Å². The Kier molecular flexibility index (Phi) is 10.0. The van der Waals surface area contributed by atoms with Crippen molar-refractivity contribution in [3.8, 4) is 34.2 Å². The molecule has 1 saturated heterocycles. The molecule has 1 aliphatic heterocycles. The number of rotatable bonds is 9. The molecular weight excluding hydrogens is 715 g/mol. The van der Waals surface area contributed by atoms with Crippen LogP contribution in [0.3, 0.4) is 0 Å². The summed E-state index contributed by atoms with van der Waals surface area (Å²) in [5.74, 6) is -0.544. The summed E-state index contributed by atoms with van der Waals surface area (Å²) in [6, 6.07) is 7.44. The number of aryl methyl sites for hydroxylation is 1. The van der Waals surface area contributed by atoms with Gasteiger partial charge in [-0.15, -0.1) is 0 Å². The molecule has 280 valence electrons. The molecule has 7 rings (SSSR count). The molecule has 1 amide bonds. The lowest BCUT2D eigenvalue weighted by molar-refractivity contribution is -0.0395. The summed E-state index contributed by atoms with van der Waals surface area (Å²) in [5, 5.41) is 29.2. The van der Waals surface area contributed by atoms with Gasteiger partial charge in [-0.1, -0.05) is 17.7 Å². The maximum absolute atomic E-state index is 16.4. The molecule has 2 aliphatic rings. The minimum Gasteiger partial charge on any atom is -0.489 e. The van der Waals surface area contributed by atoms with Crippen molar-refractivity contribution in [3.63, 3.8) is 0 Å². The van der Waals surface area contributed by atoms with Crippen molar-refractivity contribution < 1.29 is 23.4 Å². The monoisotopic (exact) mass is 754 g/mol. The van der Waals surface area contributed by atoms with Gasteiger partial charge in [-0.05, 0) is 95.2 Å². The summed E-state index contributed by atoms with van der Waals surface area (Å²) >= 11 is 6.52. The van der Waals surface area contributed by atoms with Crippen molar-refractivity contribution in [3.05, 3.63) is 79.9 Å². The SMILES string of the molecule is Cc1c(OC2CC2)c(C#N)c(Cl)c(F)c1-c1c(-c2cc(/C=C/c3ccn(C4CCCCO4)n3)c3c(=O)[nH]nc(CNC(=O)OC(C)(C)C)c3c2)cnn1C. The fraction of sp³-hybridized carbons (Fsp3) is 0.385. The van der Waals surface area contributed by atoms with Crippen molar-refractivity contribution >= 4 is 40.6 Å². The molecule has 13 nitrogen and oxygen atoms in total. The summed E-state index contributed by atoms with van der Waals surface area (Å²) in [6.07, 6.45) is 10.8. The number of benzene rings is 2. The lowest BCUT2D eigenvalue weighted by Crippen LogP contribution is -2.32. The van der Waals surface area contributed by atoms with Crippen molar-refractivity contribution in [2.24, 2.45) is 7.05 Å². The quantitative estimate of drug-likeness (QED) is 0.154. The van der Waals surface area contributed by atoms with Crippen LogP contribution in [0.25, 0.3) is 45.3 Å². The maximum Gasteiger partial charge on any atom is 0.407 e. The third-order valence-corrected chi connectivity index (χ3v) is 9.65. The van der Waals surface area contributed by atoms with Crippen molar-refractivity contribution in [2.75, 3.05) is 6.61 Å². The van der Waals surface area contributed by atoms with Gasteiger partial charge >= 0.3 is 6.09 Å². The third kappa shape index (κ3) is 7.47. The van der Waals surface area contributed by atoms with Crippen LogP contribution in [0.15, 0.2) is 35.4 Å². The number of halogens is 2. The standard InChI is InChI=1S/C39H40ClFN8O5/c1-21-31(34(41)33(40)27(18-42)36(21)53-25-11-12-25)35-28(19-44-48(35)5)23-16-22(9-10-24-13-14-49(47-24)30-8-6-7-15-52-30)32-26(17-23)29(45-46-37(32)50)20-43-38(51)54-39(2,3)4/h9-10,13-14,16-17,19,25,30H,6-8,11-12,15,20H2,1-5H3,(H,43,51)(H,46,50)/b10-9+. The van der Waals surface area contributed by atoms with Gasteiger partial charge in [0.15, 0.2) is 5.82 Å². The molecule has 54 heavy (non-hydrogen) atoms. The van der Waals surface area contributed by atoms with Crippen LogP contribution in [0.2, 0.25) is 5.02 Å². The molecule has 0 radical (unpaired) electrons. The Balaban J connectivity index is 1.38. The molecule has 2 N–H and O–H groups in total. The Labute approximate surface area is 315 Å². The molecule has 1 saturated carbocycles. The Bertz CT molecular complexity index is 2390. The van der Waals surface area contributed by atoms with Crippen LogP contribution in [0.1, 0.15) is 87.2 Å². The van der Waals surface area contributed by atoms with Crippen molar-refractivity contribution in [1.29, 1.82) is 5.26 Å². The first kappa shape index (κ1) is 36.8. The zero-order valence-electron chi connectivity index (χ0n) is 30.6. The lowest BCUT2D eigenvalue weighted by Gasteiger charge is -2.22. The summed E-state index contributed by atoms with van der Waals surface area (Å²) in [4.78, 5) is 26.2.